The zero-order valence-corrected chi connectivity index (χ0v) is 9.06. The first-order chi connectivity index (χ1) is 7.00. The smallest absolute Gasteiger partial charge is 0.343 e. The highest BCUT2D eigenvalue weighted by atomic mass is 79.9. The molecule has 0 bridgehead atoms. The lowest BCUT2D eigenvalue weighted by molar-refractivity contribution is -0.139. The maximum absolute atomic E-state index is 10.6. The van der Waals surface area contributed by atoms with Crippen LogP contribution in [0, 0.1) is 0 Å². The molecule has 0 aromatic heterocycles. The van der Waals surface area contributed by atoms with Crippen LogP contribution in [0.3, 0.4) is 0 Å². The summed E-state index contributed by atoms with van der Waals surface area (Å²) in [5, 5.41) is 17.2. The van der Waals surface area contributed by atoms with E-state index in [2.05, 4.69) is 15.9 Å². The third kappa shape index (κ3) is 3.21. The third-order valence-corrected chi connectivity index (χ3v) is 2.17. The topological polar surface area (TPSA) is 74.6 Å². The molecule has 1 aromatic carbocycles. The Balaban J connectivity index is 3.08. The van der Waals surface area contributed by atoms with Gasteiger partial charge in [-0.25, -0.2) is 9.59 Å². The summed E-state index contributed by atoms with van der Waals surface area (Å²) in [6.45, 7) is 0. The number of carboxylic acid groups (broad SMARTS) is 2. The molecule has 5 heteroatoms. The SMILES string of the molecule is O=C(O)C(=Cc1ccc(Br)cc1)C(=O)O. The van der Waals surface area contributed by atoms with E-state index in [1.807, 2.05) is 0 Å². The van der Waals surface area contributed by atoms with Crippen LogP contribution < -0.4 is 0 Å². The monoisotopic (exact) mass is 270 g/mol. The number of carbonyl (C=O) groups is 2. The van der Waals surface area contributed by atoms with Gasteiger partial charge in [0.2, 0.25) is 0 Å². The zero-order valence-electron chi connectivity index (χ0n) is 7.48. The van der Waals surface area contributed by atoms with Gasteiger partial charge in [-0.15, -0.1) is 0 Å². The Morgan fingerprint density at radius 3 is 1.93 bits per heavy atom. The second-order valence-corrected chi connectivity index (χ2v) is 3.64. The van der Waals surface area contributed by atoms with Crippen molar-refractivity contribution in [3.63, 3.8) is 0 Å². The van der Waals surface area contributed by atoms with Crippen LogP contribution in [0.5, 0.6) is 0 Å². The van der Waals surface area contributed by atoms with E-state index in [9.17, 15) is 9.59 Å². The molecule has 0 amide bonds. The Morgan fingerprint density at radius 2 is 1.53 bits per heavy atom. The van der Waals surface area contributed by atoms with Gasteiger partial charge >= 0.3 is 11.9 Å². The molecule has 0 unspecified atom stereocenters. The second kappa shape index (κ2) is 4.75. The van der Waals surface area contributed by atoms with Gasteiger partial charge in [0.05, 0.1) is 0 Å². The molecular weight excluding hydrogens is 264 g/mol. The van der Waals surface area contributed by atoms with E-state index in [4.69, 9.17) is 10.2 Å². The van der Waals surface area contributed by atoms with E-state index in [1.54, 1.807) is 24.3 Å². The summed E-state index contributed by atoms with van der Waals surface area (Å²) in [6, 6.07) is 6.65. The standard InChI is InChI=1S/C10H7BrO4/c11-7-3-1-6(2-4-7)5-8(9(12)13)10(14)15/h1-5H,(H,12,13)(H,14,15). The molecule has 1 aromatic rings. The van der Waals surface area contributed by atoms with E-state index in [-0.39, 0.29) is 0 Å². The summed E-state index contributed by atoms with van der Waals surface area (Å²) >= 11 is 3.22. The molecule has 0 radical (unpaired) electrons. The van der Waals surface area contributed by atoms with Gasteiger partial charge in [-0.05, 0) is 23.8 Å². The van der Waals surface area contributed by atoms with Gasteiger partial charge in [0.1, 0.15) is 5.57 Å². The highest BCUT2D eigenvalue weighted by Gasteiger charge is 2.15. The first-order valence-corrected chi connectivity index (χ1v) is 4.74. The Hall–Kier alpha value is -1.62. The van der Waals surface area contributed by atoms with Crippen LogP contribution in [-0.4, -0.2) is 22.2 Å². The van der Waals surface area contributed by atoms with E-state index in [0.717, 1.165) is 10.5 Å². The van der Waals surface area contributed by atoms with Crippen molar-refractivity contribution in [2.75, 3.05) is 0 Å². The lowest BCUT2D eigenvalue weighted by Crippen LogP contribution is -2.10. The second-order valence-electron chi connectivity index (χ2n) is 2.72. The number of hydrogen-bond donors (Lipinski definition) is 2. The van der Waals surface area contributed by atoms with Crippen molar-refractivity contribution in [3.05, 3.63) is 39.9 Å². The highest BCUT2D eigenvalue weighted by molar-refractivity contribution is 9.10. The maximum atomic E-state index is 10.6. The zero-order chi connectivity index (χ0) is 11.4. The summed E-state index contributed by atoms with van der Waals surface area (Å²) < 4.78 is 0.840. The molecule has 0 aliphatic rings. The lowest BCUT2D eigenvalue weighted by atomic mass is 10.1. The summed E-state index contributed by atoms with van der Waals surface area (Å²) in [6.07, 6.45) is 1.11. The molecule has 0 aliphatic carbocycles. The largest absolute Gasteiger partial charge is 0.477 e. The van der Waals surface area contributed by atoms with Crippen LogP contribution in [0.15, 0.2) is 34.3 Å². The lowest BCUT2D eigenvalue weighted by Gasteiger charge is -1.97. The molecule has 0 spiro atoms. The van der Waals surface area contributed by atoms with Crippen molar-refractivity contribution in [1.29, 1.82) is 0 Å². The molecule has 0 atom stereocenters. The molecule has 78 valence electrons. The molecule has 15 heavy (non-hydrogen) atoms. The summed E-state index contributed by atoms with van der Waals surface area (Å²) in [7, 11) is 0. The number of rotatable bonds is 3. The normalized spacial score (nSPS) is 9.40. The minimum atomic E-state index is -1.45. The van der Waals surface area contributed by atoms with Crippen molar-refractivity contribution in [1.82, 2.24) is 0 Å². The van der Waals surface area contributed by atoms with Crippen molar-refractivity contribution in [2.24, 2.45) is 0 Å². The molecule has 4 nitrogen and oxygen atoms in total. The van der Waals surface area contributed by atoms with Crippen molar-refractivity contribution in [3.8, 4) is 0 Å². The first-order valence-electron chi connectivity index (χ1n) is 3.94. The Bertz CT molecular complexity index is 404. The van der Waals surface area contributed by atoms with E-state index >= 15 is 0 Å². The predicted octanol–water partition coefficient (Wildman–Crippen LogP) is 2.00. The van der Waals surface area contributed by atoms with Gasteiger partial charge in [0.15, 0.2) is 0 Å². The summed E-state index contributed by atoms with van der Waals surface area (Å²) in [5.74, 6) is -2.91. The van der Waals surface area contributed by atoms with E-state index in [1.165, 1.54) is 0 Å². The van der Waals surface area contributed by atoms with Gasteiger partial charge in [0, 0.05) is 4.47 Å². The number of hydrogen-bond acceptors (Lipinski definition) is 2. The first kappa shape index (κ1) is 11.5. The van der Waals surface area contributed by atoms with Crippen LogP contribution in [0.1, 0.15) is 5.56 Å². The average molecular weight is 271 g/mol. The fraction of sp³-hybridized carbons (Fsp3) is 0. The van der Waals surface area contributed by atoms with Gasteiger partial charge in [-0.1, -0.05) is 28.1 Å². The highest BCUT2D eigenvalue weighted by Crippen LogP contribution is 2.13. The number of benzene rings is 1. The fourth-order valence-corrected chi connectivity index (χ4v) is 1.20. The van der Waals surface area contributed by atoms with Crippen LogP contribution >= 0.6 is 15.9 Å². The minimum absolute atomic E-state index is 0.526. The van der Waals surface area contributed by atoms with E-state index in [0.29, 0.717) is 5.56 Å². The Labute approximate surface area is 94.0 Å². The average Bonchev–Trinajstić information content (AvgIpc) is 2.15. The maximum Gasteiger partial charge on any atom is 0.343 e. The molecule has 0 saturated heterocycles. The minimum Gasteiger partial charge on any atom is -0.477 e. The number of aliphatic carboxylic acids is 2. The number of halogens is 1. The van der Waals surface area contributed by atoms with Crippen LogP contribution in [-0.2, 0) is 9.59 Å². The molecule has 0 fully saturated rings. The molecular formula is C10H7BrO4. The molecule has 0 heterocycles. The fourth-order valence-electron chi connectivity index (χ4n) is 0.941. The van der Waals surface area contributed by atoms with Gasteiger partial charge in [0.25, 0.3) is 0 Å². The van der Waals surface area contributed by atoms with Crippen molar-refractivity contribution >= 4 is 33.9 Å². The van der Waals surface area contributed by atoms with Crippen molar-refractivity contribution < 1.29 is 19.8 Å². The molecule has 0 aliphatic heterocycles. The molecule has 2 N–H and O–H groups in total. The summed E-state index contributed by atoms with van der Waals surface area (Å²) in [5.41, 5.74) is -0.129. The third-order valence-electron chi connectivity index (χ3n) is 1.64. The van der Waals surface area contributed by atoms with Crippen LogP contribution in [0.4, 0.5) is 0 Å². The van der Waals surface area contributed by atoms with E-state index < -0.39 is 17.5 Å². The predicted molar refractivity (Wildman–Crippen MR) is 57.4 cm³/mol. The number of carboxylic acids is 2. The molecule has 1 rings (SSSR count). The quantitative estimate of drug-likeness (QED) is 0.501. The Kier molecular flexibility index (Phi) is 3.62. The summed E-state index contributed by atoms with van der Waals surface area (Å²) in [4.78, 5) is 21.1. The van der Waals surface area contributed by atoms with Crippen LogP contribution in [0.25, 0.3) is 6.08 Å². The van der Waals surface area contributed by atoms with Gasteiger partial charge in [-0.3, -0.25) is 0 Å². The van der Waals surface area contributed by atoms with Gasteiger partial charge < -0.3 is 10.2 Å². The van der Waals surface area contributed by atoms with Gasteiger partial charge in [-0.2, -0.15) is 0 Å². The molecule has 0 saturated carbocycles. The Morgan fingerprint density at radius 1 is 1.07 bits per heavy atom. The van der Waals surface area contributed by atoms with Crippen molar-refractivity contribution in [2.45, 2.75) is 0 Å². The van der Waals surface area contributed by atoms with Crippen LogP contribution in [0.2, 0.25) is 0 Å².